The average Bonchev–Trinajstić information content (AvgIpc) is 2.52. The number of benzene rings is 1. The summed E-state index contributed by atoms with van der Waals surface area (Å²) in [4.78, 5) is 2.76. The van der Waals surface area contributed by atoms with Crippen LogP contribution < -0.4 is 5.32 Å². The van der Waals surface area contributed by atoms with Gasteiger partial charge in [0, 0.05) is 18.0 Å². The van der Waals surface area contributed by atoms with Gasteiger partial charge in [0.05, 0.1) is 0 Å². The SMILES string of the molecule is CC1CCN(CC2(c3ccccc3)CCNCC2)C(C)C1. The molecule has 2 nitrogen and oxygen atoms in total. The van der Waals surface area contributed by atoms with E-state index in [-0.39, 0.29) is 0 Å². The first-order valence-corrected chi connectivity index (χ1v) is 8.70. The highest BCUT2D eigenvalue weighted by atomic mass is 15.2. The molecule has 0 radical (unpaired) electrons. The highest BCUT2D eigenvalue weighted by Gasteiger charge is 2.37. The molecule has 2 aliphatic rings. The van der Waals surface area contributed by atoms with Crippen molar-refractivity contribution in [3.8, 4) is 0 Å². The van der Waals surface area contributed by atoms with Crippen LogP contribution in [0.1, 0.15) is 45.1 Å². The number of nitrogens with one attached hydrogen (secondary N) is 1. The van der Waals surface area contributed by atoms with Crippen LogP contribution in [0.25, 0.3) is 0 Å². The van der Waals surface area contributed by atoms with E-state index >= 15 is 0 Å². The maximum atomic E-state index is 3.55. The molecule has 1 N–H and O–H groups in total. The third-order valence-corrected chi connectivity index (χ3v) is 5.73. The lowest BCUT2D eigenvalue weighted by atomic mass is 9.72. The van der Waals surface area contributed by atoms with Crippen molar-refractivity contribution >= 4 is 0 Å². The Balaban J connectivity index is 1.80. The molecule has 3 rings (SSSR count). The minimum Gasteiger partial charge on any atom is -0.317 e. The molecule has 0 saturated carbocycles. The Morgan fingerprint density at radius 3 is 2.52 bits per heavy atom. The van der Waals surface area contributed by atoms with E-state index in [1.165, 1.54) is 38.8 Å². The van der Waals surface area contributed by atoms with Gasteiger partial charge in [-0.15, -0.1) is 0 Å². The van der Waals surface area contributed by atoms with E-state index in [1.807, 2.05) is 0 Å². The van der Waals surface area contributed by atoms with Gasteiger partial charge in [-0.05, 0) is 63.7 Å². The quantitative estimate of drug-likeness (QED) is 0.916. The highest BCUT2D eigenvalue weighted by Crippen LogP contribution is 2.36. The fourth-order valence-electron chi connectivity index (χ4n) is 4.31. The second-order valence-corrected chi connectivity index (χ2v) is 7.35. The van der Waals surface area contributed by atoms with Gasteiger partial charge in [0.2, 0.25) is 0 Å². The van der Waals surface area contributed by atoms with Gasteiger partial charge in [-0.3, -0.25) is 4.90 Å². The number of hydrogen-bond donors (Lipinski definition) is 1. The van der Waals surface area contributed by atoms with Gasteiger partial charge in [0.15, 0.2) is 0 Å². The fourth-order valence-corrected chi connectivity index (χ4v) is 4.31. The van der Waals surface area contributed by atoms with Crippen LogP contribution >= 0.6 is 0 Å². The Labute approximate surface area is 129 Å². The molecule has 0 aromatic heterocycles. The summed E-state index contributed by atoms with van der Waals surface area (Å²) in [6, 6.07) is 12.0. The molecule has 1 aromatic carbocycles. The van der Waals surface area contributed by atoms with Crippen LogP contribution in [0.3, 0.4) is 0 Å². The van der Waals surface area contributed by atoms with Gasteiger partial charge in [-0.25, -0.2) is 0 Å². The lowest BCUT2D eigenvalue weighted by Crippen LogP contribution is -2.51. The van der Waals surface area contributed by atoms with Crippen LogP contribution in [0.4, 0.5) is 0 Å². The molecule has 2 atom stereocenters. The maximum absolute atomic E-state index is 3.55. The molecule has 0 bridgehead atoms. The molecule has 2 fully saturated rings. The van der Waals surface area contributed by atoms with Gasteiger partial charge in [0.25, 0.3) is 0 Å². The van der Waals surface area contributed by atoms with Crippen molar-refractivity contribution in [1.29, 1.82) is 0 Å². The second-order valence-electron chi connectivity index (χ2n) is 7.35. The smallest absolute Gasteiger partial charge is 0.0104 e. The normalized spacial score (nSPS) is 30.2. The number of piperidine rings is 2. The number of rotatable bonds is 3. The van der Waals surface area contributed by atoms with E-state index in [2.05, 4.69) is 54.4 Å². The Morgan fingerprint density at radius 2 is 1.86 bits per heavy atom. The summed E-state index contributed by atoms with van der Waals surface area (Å²) in [6.07, 6.45) is 5.28. The van der Waals surface area contributed by atoms with Crippen LogP contribution in [-0.4, -0.2) is 37.1 Å². The number of hydrogen-bond acceptors (Lipinski definition) is 2. The molecule has 116 valence electrons. The predicted octanol–water partition coefficient (Wildman–Crippen LogP) is 3.43. The summed E-state index contributed by atoms with van der Waals surface area (Å²) >= 11 is 0. The van der Waals surface area contributed by atoms with Crippen molar-refractivity contribution in [1.82, 2.24) is 10.2 Å². The molecule has 2 heterocycles. The van der Waals surface area contributed by atoms with Crippen LogP contribution in [0, 0.1) is 5.92 Å². The molecular weight excluding hydrogens is 256 g/mol. The van der Waals surface area contributed by atoms with E-state index in [4.69, 9.17) is 0 Å². The first-order chi connectivity index (χ1) is 10.2. The first kappa shape index (κ1) is 15.1. The molecule has 2 aliphatic heterocycles. The summed E-state index contributed by atoms with van der Waals surface area (Å²) in [5.41, 5.74) is 1.92. The minimum absolute atomic E-state index is 0.362. The molecular formula is C19H30N2. The van der Waals surface area contributed by atoms with Gasteiger partial charge in [-0.1, -0.05) is 37.3 Å². The van der Waals surface area contributed by atoms with Crippen molar-refractivity contribution in [2.75, 3.05) is 26.2 Å². The maximum Gasteiger partial charge on any atom is 0.0104 e. The molecule has 21 heavy (non-hydrogen) atoms. The topological polar surface area (TPSA) is 15.3 Å². The molecule has 2 heteroatoms. The van der Waals surface area contributed by atoms with Gasteiger partial charge in [-0.2, -0.15) is 0 Å². The van der Waals surface area contributed by atoms with E-state index in [0.717, 1.165) is 25.0 Å². The summed E-state index contributed by atoms with van der Waals surface area (Å²) in [7, 11) is 0. The predicted molar refractivity (Wildman–Crippen MR) is 89.7 cm³/mol. The molecule has 1 aromatic rings. The van der Waals surface area contributed by atoms with Gasteiger partial charge in [0.1, 0.15) is 0 Å². The summed E-state index contributed by atoms with van der Waals surface area (Å²) in [6.45, 7) is 9.68. The van der Waals surface area contributed by atoms with Crippen LogP contribution in [0.5, 0.6) is 0 Å². The van der Waals surface area contributed by atoms with E-state index in [0.29, 0.717) is 5.41 Å². The Morgan fingerprint density at radius 1 is 1.14 bits per heavy atom. The van der Waals surface area contributed by atoms with E-state index < -0.39 is 0 Å². The molecule has 0 aliphatic carbocycles. The molecule has 0 spiro atoms. The second kappa shape index (κ2) is 6.50. The average molecular weight is 286 g/mol. The summed E-state index contributed by atoms with van der Waals surface area (Å²) < 4.78 is 0. The van der Waals surface area contributed by atoms with Crippen LogP contribution in [-0.2, 0) is 5.41 Å². The molecule has 2 unspecified atom stereocenters. The Hall–Kier alpha value is -0.860. The standard InChI is InChI=1S/C19H30N2/c1-16-8-13-21(17(2)14-16)15-19(9-11-20-12-10-19)18-6-4-3-5-7-18/h3-7,16-17,20H,8-15H2,1-2H3. The lowest BCUT2D eigenvalue weighted by Gasteiger charge is -2.46. The lowest BCUT2D eigenvalue weighted by molar-refractivity contribution is 0.0870. The zero-order valence-electron chi connectivity index (χ0n) is 13.6. The van der Waals surface area contributed by atoms with E-state index in [9.17, 15) is 0 Å². The van der Waals surface area contributed by atoms with Crippen LogP contribution in [0.2, 0.25) is 0 Å². The van der Waals surface area contributed by atoms with Gasteiger partial charge >= 0.3 is 0 Å². The van der Waals surface area contributed by atoms with Crippen LogP contribution in [0.15, 0.2) is 30.3 Å². The summed E-state index contributed by atoms with van der Waals surface area (Å²) in [5, 5.41) is 3.55. The van der Waals surface area contributed by atoms with E-state index in [1.54, 1.807) is 5.56 Å². The Bertz CT molecular complexity index is 436. The third-order valence-electron chi connectivity index (χ3n) is 5.73. The largest absolute Gasteiger partial charge is 0.317 e. The third kappa shape index (κ3) is 3.32. The zero-order valence-corrected chi connectivity index (χ0v) is 13.6. The number of nitrogens with zero attached hydrogens (tertiary/aromatic N) is 1. The van der Waals surface area contributed by atoms with Crippen molar-refractivity contribution in [2.24, 2.45) is 5.92 Å². The molecule has 2 saturated heterocycles. The minimum atomic E-state index is 0.362. The van der Waals surface area contributed by atoms with Gasteiger partial charge < -0.3 is 5.32 Å². The highest BCUT2D eigenvalue weighted by molar-refractivity contribution is 5.27. The van der Waals surface area contributed by atoms with Crippen molar-refractivity contribution < 1.29 is 0 Å². The first-order valence-electron chi connectivity index (χ1n) is 8.70. The Kier molecular flexibility index (Phi) is 4.66. The summed E-state index contributed by atoms with van der Waals surface area (Å²) in [5.74, 6) is 0.900. The monoisotopic (exact) mass is 286 g/mol. The van der Waals surface area contributed by atoms with Crippen molar-refractivity contribution in [2.45, 2.75) is 51.0 Å². The van der Waals surface area contributed by atoms with Crippen molar-refractivity contribution in [3.05, 3.63) is 35.9 Å². The fraction of sp³-hybridized carbons (Fsp3) is 0.684. The number of likely N-dealkylation sites (tertiary alicyclic amines) is 1. The van der Waals surface area contributed by atoms with Crippen molar-refractivity contribution in [3.63, 3.8) is 0 Å². The molecule has 0 amide bonds. The zero-order chi connectivity index (χ0) is 14.7.